The summed E-state index contributed by atoms with van der Waals surface area (Å²) in [4.78, 5) is 4.04. The molecule has 0 radical (unpaired) electrons. The monoisotopic (exact) mass is 199 g/mol. The van der Waals surface area contributed by atoms with Gasteiger partial charge in [0.05, 0.1) is 20.4 Å². The molecule has 4 heteroatoms. The van der Waals surface area contributed by atoms with E-state index in [1.807, 2.05) is 6.07 Å². The smallest absolute Gasteiger partial charge is 0.213 e. The molecule has 0 aliphatic heterocycles. The van der Waals surface area contributed by atoms with E-state index < -0.39 is 0 Å². The van der Waals surface area contributed by atoms with E-state index in [2.05, 4.69) is 17.6 Å². The highest BCUT2D eigenvalue weighted by Crippen LogP contribution is 2.21. The summed E-state index contributed by atoms with van der Waals surface area (Å²) >= 11 is 4.16. The third-order valence-electron chi connectivity index (χ3n) is 1.73. The van der Waals surface area contributed by atoms with E-state index in [1.165, 1.54) is 0 Å². The fourth-order valence-electron chi connectivity index (χ4n) is 1.07. The molecule has 1 rings (SSSR count). The van der Waals surface area contributed by atoms with E-state index in [-0.39, 0.29) is 0 Å². The lowest BCUT2D eigenvalue weighted by Gasteiger charge is -2.07. The molecule has 0 amide bonds. The molecule has 0 spiro atoms. The zero-order chi connectivity index (χ0) is 9.68. The Hall–Kier alpha value is -0.900. The van der Waals surface area contributed by atoms with Gasteiger partial charge < -0.3 is 9.47 Å². The summed E-state index contributed by atoms with van der Waals surface area (Å²) in [6, 6.07) is 1.87. The first kappa shape index (κ1) is 10.2. The number of thiol groups is 1. The second kappa shape index (κ2) is 4.97. The molecule has 72 valence electrons. The zero-order valence-corrected chi connectivity index (χ0v) is 8.67. The first-order valence-corrected chi connectivity index (χ1v) is 4.62. The number of aryl methyl sites for hydroxylation is 1. The Morgan fingerprint density at radius 2 is 2.15 bits per heavy atom. The Morgan fingerprint density at radius 3 is 2.69 bits per heavy atom. The highest BCUT2D eigenvalue weighted by Gasteiger charge is 2.04. The molecule has 0 saturated heterocycles. The third kappa shape index (κ3) is 2.52. The molecular weight excluding hydrogens is 186 g/mol. The van der Waals surface area contributed by atoms with E-state index >= 15 is 0 Å². The van der Waals surface area contributed by atoms with E-state index in [0.29, 0.717) is 5.88 Å². The quantitative estimate of drug-likeness (QED) is 0.747. The summed E-state index contributed by atoms with van der Waals surface area (Å²) in [5.74, 6) is 2.18. The summed E-state index contributed by atoms with van der Waals surface area (Å²) in [7, 11) is 3.23. The van der Waals surface area contributed by atoms with Gasteiger partial charge in [0.25, 0.3) is 0 Å². The van der Waals surface area contributed by atoms with Gasteiger partial charge in [-0.05, 0) is 12.2 Å². The van der Waals surface area contributed by atoms with Crippen molar-refractivity contribution in [3.63, 3.8) is 0 Å². The van der Waals surface area contributed by atoms with Crippen molar-refractivity contribution >= 4 is 12.6 Å². The molecule has 0 atom stereocenters. The van der Waals surface area contributed by atoms with Crippen molar-refractivity contribution in [2.24, 2.45) is 0 Å². The molecule has 0 aromatic carbocycles. The Labute approximate surface area is 83.5 Å². The van der Waals surface area contributed by atoms with Gasteiger partial charge in [0.1, 0.15) is 5.75 Å². The van der Waals surface area contributed by atoms with Crippen molar-refractivity contribution in [3.05, 3.63) is 17.8 Å². The molecule has 1 aromatic rings. The molecule has 0 aliphatic rings. The first-order valence-electron chi connectivity index (χ1n) is 3.99. The molecule has 3 nitrogen and oxygen atoms in total. The summed E-state index contributed by atoms with van der Waals surface area (Å²) in [5, 5.41) is 0. The number of hydrogen-bond acceptors (Lipinski definition) is 4. The molecule has 1 heterocycles. The Bertz CT molecular complexity index is 278. The second-order valence-electron chi connectivity index (χ2n) is 2.51. The Balaban J connectivity index is 2.95. The Kier molecular flexibility index (Phi) is 3.89. The van der Waals surface area contributed by atoms with Crippen molar-refractivity contribution in [3.8, 4) is 11.6 Å². The fraction of sp³-hybridized carbons (Fsp3) is 0.444. The highest BCUT2D eigenvalue weighted by molar-refractivity contribution is 7.80. The van der Waals surface area contributed by atoms with Gasteiger partial charge in [-0.2, -0.15) is 12.6 Å². The molecular formula is C9H13NO2S. The lowest BCUT2D eigenvalue weighted by atomic mass is 10.2. The van der Waals surface area contributed by atoms with Crippen molar-refractivity contribution in [2.45, 2.75) is 6.42 Å². The van der Waals surface area contributed by atoms with E-state index in [4.69, 9.17) is 9.47 Å². The predicted octanol–water partition coefficient (Wildman–Crippen LogP) is 1.57. The maximum Gasteiger partial charge on any atom is 0.213 e. The van der Waals surface area contributed by atoms with Crippen LogP contribution in [-0.4, -0.2) is 25.0 Å². The molecule has 1 aromatic heterocycles. The summed E-state index contributed by atoms with van der Waals surface area (Å²) < 4.78 is 10.2. The van der Waals surface area contributed by atoms with E-state index in [9.17, 15) is 0 Å². The molecule has 13 heavy (non-hydrogen) atoms. The van der Waals surface area contributed by atoms with Crippen molar-refractivity contribution in [1.29, 1.82) is 0 Å². The number of ether oxygens (including phenoxy) is 2. The molecule has 0 fully saturated rings. The third-order valence-corrected chi connectivity index (χ3v) is 1.96. The van der Waals surface area contributed by atoms with Gasteiger partial charge in [0.2, 0.25) is 5.88 Å². The molecule has 0 aliphatic carbocycles. The minimum absolute atomic E-state index is 0.609. The van der Waals surface area contributed by atoms with E-state index in [0.717, 1.165) is 23.5 Å². The van der Waals surface area contributed by atoms with Gasteiger partial charge in [-0.25, -0.2) is 4.98 Å². The van der Waals surface area contributed by atoms with Gasteiger partial charge in [-0.3, -0.25) is 0 Å². The minimum atomic E-state index is 0.609. The van der Waals surface area contributed by atoms with Crippen molar-refractivity contribution in [2.75, 3.05) is 20.0 Å². The number of aromatic nitrogens is 1. The highest BCUT2D eigenvalue weighted by atomic mass is 32.1. The van der Waals surface area contributed by atoms with Crippen LogP contribution in [0.25, 0.3) is 0 Å². The summed E-state index contributed by atoms with van der Waals surface area (Å²) in [6.07, 6.45) is 2.52. The fourth-order valence-corrected chi connectivity index (χ4v) is 1.31. The number of pyridine rings is 1. The maximum absolute atomic E-state index is 5.15. The lowest BCUT2D eigenvalue weighted by molar-refractivity contribution is 0.384. The van der Waals surface area contributed by atoms with Gasteiger partial charge in [0, 0.05) is 11.6 Å². The molecule has 0 bridgehead atoms. The topological polar surface area (TPSA) is 31.4 Å². The largest absolute Gasteiger partial charge is 0.495 e. The van der Waals surface area contributed by atoms with Crippen LogP contribution in [0.3, 0.4) is 0 Å². The van der Waals surface area contributed by atoms with Crippen LogP contribution in [0, 0.1) is 0 Å². The maximum atomic E-state index is 5.15. The minimum Gasteiger partial charge on any atom is -0.495 e. The van der Waals surface area contributed by atoms with Gasteiger partial charge >= 0.3 is 0 Å². The normalized spacial score (nSPS) is 9.77. The molecule has 0 saturated carbocycles. The number of nitrogens with zero attached hydrogens (tertiary/aromatic N) is 1. The van der Waals surface area contributed by atoms with Crippen LogP contribution < -0.4 is 9.47 Å². The van der Waals surface area contributed by atoms with Crippen LogP contribution in [0.15, 0.2) is 12.3 Å². The summed E-state index contributed by atoms with van der Waals surface area (Å²) in [6.45, 7) is 0. The van der Waals surface area contributed by atoms with Gasteiger partial charge in [-0.1, -0.05) is 0 Å². The standard InChI is InChI=1S/C9H13NO2S/c1-11-8-6-10-9(12-2)5-7(8)3-4-13/h5-6,13H,3-4H2,1-2H3. The van der Waals surface area contributed by atoms with Crippen molar-refractivity contribution in [1.82, 2.24) is 4.98 Å². The van der Waals surface area contributed by atoms with Gasteiger partial charge in [0.15, 0.2) is 0 Å². The van der Waals surface area contributed by atoms with Gasteiger partial charge in [-0.15, -0.1) is 0 Å². The zero-order valence-electron chi connectivity index (χ0n) is 7.78. The molecule has 0 unspecified atom stereocenters. The van der Waals surface area contributed by atoms with Crippen LogP contribution in [0.1, 0.15) is 5.56 Å². The lowest BCUT2D eigenvalue weighted by Crippen LogP contribution is -1.96. The van der Waals surface area contributed by atoms with Crippen LogP contribution in [0.2, 0.25) is 0 Å². The SMILES string of the molecule is COc1cc(CCS)c(OC)cn1. The number of methoxy groups -OCH3 is 2. The van der Waals surface area contributed by atoms with Crippen LogP contribution in [0.5, 0.6) is 11.6 Å². The Morgan fingerprint density at radius 1 is 1.38 bits per heavy atom. The number of rotatable bonds is 4. The van der Waals surface area contributed by atoms with Crippen LogP contribution in [-0.2, 0) is 6.42 Å². The first-order chi connectivity index (χ1) is 6.31. The average molecular weight is 199 g/mol. The second-order valence-corrected chi connectivity index (χ2v) is 2.96. The van der Waals surface area contributed by atoms with Crippen LogP contribution >= 0.6 is 12.6 Å². The molecule has 0 N–H and O–H groups in total. The number of hydrogen-bond donors (Lipinski definition) is 1. The summed E-state index contributed by atoms with van der Waals surface area (Å²) in [5.41, 5.74) is 1.07. The van der Waals surface area contributed by atoms with Crippen molar-refractivity contribution < 1.29 is 9.47 Å². The predicted molar refractivity (Wildman–Crippen MR) is 54.9 cm³/mol. The van der Waals surface area contributed by atoms with Crippen LogP contribution in [0.4, 0.5) is 0 Å². The average Bonchev–Trinajstić information content (AvgIpc) is 2.18. The van der Waals surface area contributed by atoms with E-state index in [1.54, 1.807) is 20.4 Å².